The van der Waals surface area contributed by atoms with Crippen molar-refractivity contribution in [1.29, 1.82) is 0 Å². The summed E-state index contributed by atoms with van der Waals surface area (Å²) in [6.07, 6.45) is 11.2. The molecular weight excluding hydrogens is 288 g/mol. The van der Waals surface area contributed by atoms with Crippen molar-refractivity contribution in [3.63, 3.8) is 0 Å². The van der Waals surface area contributed by atoms with Crippen LogP contribution in [-0.4, -0.2) is 36.6 Å². The summed E-state index contributed by atoms with van der Waals surface area (Å²) < 4.78 is 0. The van der Waals surface area contributed by atoms with E-state index in [1.54, 1.807) is 22.3 Å². The first-order chi connectivity index (χ1) is 9.45. The fourth-order valence-electron chi connectivity index (χ4n) is 3.08. The molecule has 0 aromatic heterocycles. The van der Waals surface area contributed by atoms with Gasteiger partial charge in [-0.15, -0.1) is 0 Å². The molecule has 20 heavy (non-hydrogen) atoms. The van der Waals surface area contributed by atoms with Crippen LogP contribution in [0.5, 0.6) is 0 Å². The van der Waals surface area contributed by atoms with Crippen molar-refractivity contribution < 1.29 is 37.0 Å². The first-order valence-corrected chi connectivity index (χ1v) is 7.08. The average molecular weight is 317 g/mol. The van der Waals surface area contributed by atoms with Gasteiger partial charge in [0.15, 0.2) is 0 Å². The molecule has 3 N–H and O–H groups in total. The summed E-state index contributed by atoms with van der Waals surface area (Å²) >= 11 is 0. The molecule has 1 aromatic carbocycles. The Balaban J connectivity index is 0. The smallest absolute Gasteiger partial charge is 0.0319 e. The van der Waals surface area contributed by atoms with E-state index in [-0.39, 0.29) is 21.7 Å². The van der Waals surface area contributed by atoms with Crippen LogP contribution in [0.4, 0.5) is 0 Å². The van der Waals surface area contributed by atoms with Gasteiger partial charge in [-0.3, -0.25) is 0 Å². The molecule has 3 rings (SSSR count). The molecule has 0 heterocycles. The van der Waals surface area contributed by atoms with E-state index in [1.807, 2.05) is 0 Å². The third kappa shape index (κ3) is 5.75. The van der Waals surface area contributed by atoms with Gasteiger partial charge in [-0.2, -0.15) is 28.3 Å². The third-order valence-corrected chi connectivity index (χ3v) is 3.73. The fraction of sp³-hybridized carbons (Fsp3) is 0.688. The Labute approximate surface area is 138 Å². The monoisotopic (exact) mass is 317 g/mol. The van der Waals surface area contributed by atoms with E-state index in [0.29, 0.717) is 0 Å². The van der Waals surface area contributed by atoms with Crippen molar-refractivity contribution >= 4 is 0 Å². The Morgan fingerprint density at radius 2 is 0.900 bits per heavy atom. The molecule has 0 bridgehead atoms. The number of aryl methyl sites for hydroxylation is 2. The normalized spacial score (nSPS) is 14.5. The van der Waals surface area contributed by atoms with Crippen LogP contribution in [0, 0.1) is 0 Å². The standard InChI is InChI=1S/C13H17.3CH4O.Ti/c1-3-7-12-10(5-1)9-11-6-2-4-8-13(11)12;3*1-2;/h9H,1-8H2;3*2H,1H3;/q-1;;;;. The largest absolute Gasteiger partial charge is 0.400 e. The van der Waals surface area contributed by atoms with Gasteiger partial charge in [-0.05, 0) is 0 Å². The Bertz CT molecular complexity index is 304. The second-order valence-corrected chi connectivity index (χ2v) is 4.57. The van der Waals surface area contributed by atoms with Crippen LogP contribution in [0.25, 0.3) is 0 Å². The molecular formula is C16H29O3Ti-. The molecule has 2 aliphatic rings. The average Bonchev–Trinajstić information content (AvgIpc) is 2.92. The van der Waals surface area contributed by atoms with Crippen molar-refractivity contribution in [2.24, 2.45) is 0 Å². The molecule has 0 amide bonds. The zero-order valence-corrected chi connectivity index (χ0v) is 14.6. The minimum Gasteiger partial charge on any atom is -0.400 e. The second kappa shape index (κ2) is 13.9. The summed E-state index contributed by atoms with van der Waals surface area (Å²) in [5.74, 6) is 0. The maximum atomic E-state index is 7.00. The van der Waals surface area contributed by atoms with E-state index in [2.05, 4.69) is 6.07 Å². The van der Waals surface area contributed by atoms with E-state index in [1.165, 1.54) is 51.4 Å². The van der Waals surface area contributed by atoms with E-state index in [0.717, 1.165) is 21.3 Å². The van der Waals surface area contributed by atoms with Crippen molar-refractivity contribution in [2.45, 2.75) is 51.4 Å². The number of fused-ring (bicyclic) bond motifs is 3. The summed E-state index contributed by atoms with van der Waals surface area (Å²) in [4.78, 5) is 0. The Morgan fingerprint density at radius 1 is 0.600 bits per heavy atom. The predicted octanol–water partition coefficient (Wildman–Crippen LogP) is 1.99. The van der Waals surface area contributed by atoms with Crippen molar-refractivity contribution in [2.75, 3.05) is 21.3 Å². The Hall–Kier alpha value is -0.0557. The molecule has 0 saturated carbocycles. The van der Waals surface area contributed by atoms with Crippen LogP contribution < -0.4 is 0 Å². The van der Waals surface area contributed by atoms with Crippen molar-refractivity contribution in [3.8, 4) is 0 Å². The summed E-state index contributed by atoms with van der Waals surface area (Å²) in [7, 11) is 3.00. The molecule has 1 aromatic rings. The zero-order valence-electron chi connectivity index (χ0n) is 13.1. The van der Waals surface area contributed by atoms with Crippen LogP contribution in [-0.2, 0) is 47.4 Å². The van der Waals surface area contributed by atoms with E-state index >= 15 is 0 Å². The van der Waals surface area contributed by atoms with Gasteiger partial charge >= 0.3 is 0 Å². The number of rotatable bonds is 0. The van der Waals surface area contributed by atoms with Gasteiger partial charge in [0.05, 0.1) is 0 Å². The first-order valence-electron chi connectivity index (χ1n) is 7.08. The van der Waals surface area contributed by atoms with Gasteiger partial charge < -0.3 is 15.3 Å². The number of aliphatic hydroxyl groups is 3. The maximum absolute atomic E-state index is 7.00. The maximum Gasteiger partial charge on any atom is 0.0319 e. The van der Waals surface area contributed by atoms with Gasteiger partial charge in [0.25, 0.3) is 0 Å². The number of aliphatic hydroxyl groups excluding tert-OH is 3. The summed E-state index contributed by atoms with van der Waals surface area (Å²) in [6.45, 7) is 0. The van der Waals surface area contributed by atoms with E-state index in [4.69, 9.17) is 15.3 Å². The van der Waals surface area contributed by atoms with Crippen LogP contribution >= 0.6 is 0 Å². The molecule has 2 aliphatic carbocycles. The molecule has 116 valence electrons. The van der Waals surface area contributed by atoms with E-state index < -0.39 is 0 Å². The Morgan fingerprint density at radius 3 is 1.25 bits per heavy atom. The number of hydrogen-bond donors (Lipinski definition) is 3. The molecule has 0 radical (unpaired) electrons. The molecule has 0 saturated heterocycles. The van der Waals surface area contributed by atoms with Crippen molar-refractivity contribution in [1.82, 2.24) is 0 Å². The van der Waals surface area contributed by atoms with Crippen molar-refractivity contribution in [3.05, 3.63) is 28.3 Å². The third-order valence-electron chi connectivity index (χ3n) is 3.73. The van der Waals surface area contributed by atoms with Crippen LogP contribution in [0.1, 0.15) is 47.9 Å². The summed E-state index contributed by atoms with van der Waals surface area (Å²) in [5, 5.41) is 21.0. The van der Waals surface area contributed by atoms with Gasteiger partial charge in [0, 0.05) is 43.0 Å². The molecule has 0 atom stereocenters. The number of hydrogen-bond acceptors (Lipinski definition) is 3. The molecule has 4 heteroatoms. The van der Waals surface area contributed by atoms with Crippen LogP contribution in [0.2, 0.25) is 0 Å². The fourth-order valence-corrected chi connectivity index (χ4v) is 3.08. The van der Waals surface area contributed by atoms with Gasteiger partial charge in [-0.1, -0.05) is 51.4 Å². The minimum atomic E-state index is 0. The second-order valence-electron chi connectivity index (χ2n) is 4.57. The molecule has 3 nitrogen and oxygen atoms in total. The summed E-state index contributed by atoms with van der Waals surface area (Å²) in [5.41, 5.74) is 6.94. The zero-order chi connectivity index (χ0) is 14.7. The van der Waals surface area contributed by atoms with Gasteiger partial charge in [0.1, 0.15) is 0 Å². The predicted molar refractivity (Wildman–Crippen MR) is 79.7 cm³/mol. The molecule has 0 unspecified atom stereocenters. The molecule has 0 fully saturated rings. The topological polar surface area (TPSA) is 60.7 Å². The quantitative estimate of drug-likeness (QED) is 0.506. The SMILES string of the molecule is CO.CO.CO.[Ti].[cH-]1c2c(c3c1CCCC3)CCCC2. The first kappa shape index (κ1) is 22.2. The summed E-state index contributed by atoms with van der Waals surface area (Å²) in [6, 6.07) is 2.52. The van der Waals surface area contributed by atoms with Crippen LogP contribution in [0.3, 0.4) is 0 Å². The van der Waals surface area contributed by atoms with Gasteiger partial charge in [-0.25, -0.2) is 0 Å². The minimum absolute atomic E-state index is 0. The van der Waals surface area contributed by atoms with Gasteiger partial charge in [0.2, 0.25) is 0 Å². The molecule has 0 aliphatic heterocycles. The molecule has 0 spiro atoms. The van der Waals surface area contributed by atoms with Crippen LogP contribution in [0.15, 0.2) is 6.07 Å². The Kier molecular flexibility index (Phi) is 15.5. The van der Waals surface area contributed by atoms with E-state index in [9.17, 15) is 0 Å².